The van der Waals surface area contributed by atoms with Gasteiger partial charge in [-0.05, 0) is 44.2 Å². The van der Waals surface area contributed by atoms with E-state index in [-0.39, 0.29) is 5.91 Å². The molecule has 0 atom stereocenters. The van der Waals surface area contributed by atoms with E-state index in [9.17, 15) is 4.79 Å². The third-order valence-electron chi connectivity index (χ3n) is 7.66. The van der Waals surface area contributed by atoms with Gasteiger partial charge in [-0.15, -0.1) is 0 Å². The number of ether oxygens (including phenoxy) is 2. The maximum atomic E-state index is 13.4. The van der Waals surface area contributed by atoms with E-state index in [1.54, 1.807) is 26.5 Å². The summed E-state index contributed by atoms with van der Waals surface area (Å²) in [5.74, 6) is 0.928. The number of carbonyl (C=O) groups excluding carboxylic acids is 1. The van der Waals surface area contributed by atoms with E-state index in [1.165, 1.54) is 0 Å². The summed E-state index contributed by atoms with van der Waals surface area (Å²) in [5.41, 5.74) is 6.20. The number of methoxy groups -OCH3 is 2. The number of aromatic nitrogens is 5. The monoisotopic (exact) mass is 569 g/mol. The number of piperazine rings is 1. The molecule has 3 N–H and O–H groups in total. The van der Waals surface area contributed by atoms with E-state index >= 15 is 0 Å². The fourth-order valence-electron chi connectivity index (χ4n) is 5.39. The zero-order chi connectivity index (χ0) is 29.2. The first-order valence-corrected chi connectivity index (χ1v) is 14.0. The van der Waals surface area contributed by atoms with Crippen LogP contribution >= 0.6 is 0 Å². The Morgan fingerprint density at radius 1 is 1.10 bits per heavy atom. The molecule has 0 spiro atoms. The SMILES string of the molecule is COCCn1nc(C)c(NC(=O)c2ccn3c2ccc2cnc(Nc4ccc(N5CCNCC5)cc4OC)nc23)c1C. The van der Waals surface area contributed by atoms with Gasteiger partial charge in [-0.3, -0.25) is 9.48 Å². The second-order valence-corrected chi connectivity index (χ2v) is 10.3. The summed E-state index contributed by atoms with van der Waals surface area (Å²) in [6.45, 7) is 8.81. The molecule has 0 saturated carbocycles. The Balaban J connectivity index is 1.27. The van der Waals surface area contributed by atoms with Crippen molar-refractivity contribution in [2.45, 2.75) is 20.4 Å². The summed E-state index contributed by atoms with van der Waals surface area (Å²) in [6, 6.07) is 11.7. The van der Waals surface area contributed by atoms with Gasteiger partial charge in [0.25, 0.3) is 5.91 Å². The minimum absolute atomic E-state index is 0.212. The first-order valence-electron chi connectivity index (χ1n) is 14.0. The quantitative estimate of drug-likeness (QED) is 0.244. The molecular formula is C30H35N9O3. The van der Waals surface area contributed by atoms with Crippen LogP contribution < -0.4 is 25.6 Å². The van der Waals surface area contributed by atoms with Crippen LogP contribution in [-0.4, -0.2) is 77.1 Å². The van der Waals surface area contributed by atoms with E-state index < -0.39 is 0 Å². The van der Waals surface area contributed by atoms with E-state index in [4.69, 9.17) is 14.5 Å². The van der Waals surface area contributed by atoms with E-state index in [0.29, 0.717) is 41.7 Å². The van der Waals surface area contributed by atoms with Gasteiger partial charge < -0.3 is 34.7 Å². The maximum Gasteiger partial charge on any atom is 0.257 e. The summed E-state index contributed by atoms with van der Waals surface area (Å²) in [6.07, 6.45) is 3.63. The summed E-state index contributed by atoms with van der Waals surface area (Å²) >= 11 is 0. The predicted octanol–water partition coefficient (Wildman–Crippen LogP) is 3.76. The van der Waals surface area contributed by atoms with Crippen LogP contribution in [0.15, 0.2) is 48.8 Å². The van der Waals surface area contributed by atoms with E-state index in [0.717, 1.165) is 59.8 Å². The number of amides is 1. The molecular weight excluding hydrogens is 534 g/mol. The van der Waals surface area contributed by atoms with Crippen LogP contribution in [0.2, 0.25) is 0 Å². The molecule has 42 heavy (non-hydrogen) atoms. The normalized spacial score (nSPS) is 13.6. The van der Waals surface area contributed by atoms with Crippen molar-refractivity contribution in [3.63, 3.8) is 0 Å². The molecule has 0 radical (unpaired) electrons. The number of anilines is 4. The Labute approximate surface area is 243 Å². The third kappa shape index (κ3) is 5.21. The lowest BCUT2D eigenvalue weighted by Crippen LogP contribution is -2.43. The van der Waals surface area contributed by atoms with Crippen molar-refractivity contribution in [1.82, 2.24) is 29.5 Å². The average Bonchev–Trinajstić information content (AvgIpc) is 3.57. The third-order valence-corrected chi connectivity index (χ3v) is 7.66. The van der Waals surface area contributed by atoms with E-state index in [1.807, 2.05) is 53.4 Å². The molecule has 0 aliphatic carbocycles. The largest absolute Gasteiger partial charge is 0.494 e. The molecule has 0 bridgehead atoms. The van der Waals surface area contributed by atoms with Crippen LogP contribution in [-0.2, 0) is 11.3 Å². The molecule has 1 saturated heterocycles. The highest BCUT2D eigenvalue weighted by Crippen LogP contribution is 2.32. The van der Waals surface area contributed by atoms with Crippen molar-refractivity contribution in [2.75, 3.05) is 62.5 Å². The summed E-state index contributed by atoms with van der Waals surface area (Å²) in [4.78, 5) is 25.1. The van der Waals surface area contributed by atoms with Crippen LogP contribution in [0, 0.1) is 13.8 Å². The Morgan fingerprint density at radius 2 is 1.93 bits per heavy atom. The van der Waals surface area contributed by atoms with Crippen molar-refractivity contribution >= 4 is 45.5 Å². The minimum Gasteiger partial charge on any atom is -0.494 e. The number of hydrogen-bond acceptors (Lipinski definition) is 9. The lowest BCUT2D eigenvalue weighted by molar-refractivity contribution is 0.102. The number of rotatable bonds is 9. The summed E-state index contributed by atoms with van der Waals surface area (Å²) < 4.78 is 14.6. The van der Waals surface area contributed by atoms with Gasteiger partial charge in [0, 0.05) is 62.8 Å². The van der Waals surface area contributed by atoms with Gasteiger partial charge in [-0.2, -0.15) is 10.1 Å². The molecule has 218 valence electrons. The van der Waals surface area contributed by atoms with Crippen molar-refractivity contribution < 1.29 is 14.3 Å². The Bertz CT molecular complexity index is 1750. The highest BCUT2D eigenvalue weighted by Gasteiger charge is 2.19. The predicted molar refractivity (Wildman–Crippen MR) is 163 cm³/mol. The fraction of sp³-hybridized carbons (Fsp3) is 0.333. The zero-order valence-corrected chi connectivity index (χ0v) is 24.3. The van der Waals surface area contributed by atoms with E-state index in [2.05, 4.69) is 37.0 Å². The highest BCUT2D eigenvalue weighted by atomic mass is 16.5. The number of nitrogens with one attached hydrogen (secondary N) is 3. The van der Waals surface area contributed by atoms with Gasteiger partial charge in [-0.1, -0.05) is 0 Å². The lowest BCUT2D eigenvalue weighted by Gasteiger charge is -2.30. The van der Waals surface area contributed by atoms with Crippen LogP contribution in [0.4, 0.5) is 23.0 Å². The van der Waals surface area contributed by atoms with Gasteiger partial charge in [0.1, 0.15) is 11.4 Å². The Hall–Kier alpha value is -4.68. The molecule has 4 aromatic heterocycles. The van der Waals surface area contributed by atoms with Gasteiger partial charge in [0.15, 0.2) is 0 Å². The molecule has 5 aromatic rings. The molecule has 1 amide bonds. The summed E-state index contributed by atoms with van der Waals surface area (Å²) in [5, 5.41) is 15.2. The van der Waals surface area contributed by atoms with Crippen LogP contribution in [0.1, 0.15) is 21.7 Å². The number of pyridine rings is 1. The topological polar surface area (TPSA) is 123 Å². The Morgan fingerprint density at radius 3 is 2.71 bits per heavy atom. The van der Waals surface area contributed by atoms with Crippen LogP contribution in [0.5, 0.6) is 5.75 Å². The van der Waals surface area contributed by atoms with Gasteiger partial charge >= 0.3 is 0 Å². The summed E-state index contributed by atoms with van der Waals surface area (Å²) in [7, 11) is 3.31. The maximum absolute atomic E-state index is 13.4. The second-order valence-electron chi connectivity index (χ2n) is 10.3. The van der Waals surface area contributed by atoms with Gasteiger partial charge in [0.2, 0.25) is 5.95 Å². The second kappa shape index (κ2) is 11.7. The van der Waals surface area contributed by atoms with Gasteiger partial charge in [0.05, 0.1) is 54.1 Å². The van der Waals surface area contributed by atoms with Crippen molar-refractivity contribution in [2.24, 2.45) is 0 Å². The smallest absolute Gasteiger partial charge is 0.257 e. The molecule has 12 nitrogen and oxygen atoms in total. The number of fused-ring (bicyclic) bond motifs is 3. The zero-order valence-electron chi connectivity index (χ0n) is 24.3. The first-order chi connectivity index (χ1) is 20.5. The molecule has 5 heterocycles. The lowest BCUT2D eigenvalue weighted by atomic mass is 10.2. The minimum atomic E-state index is -0.212. The van der Waals surface area contributed by atoms with Gasteiger partial charge in [-0.25, -0.2) is 4.98 Å². The van der Waals surface area contributed by atoms with Crippen LogP contribution in [0.3, 0.4) is 0 Å². The average molecular weight is 570 g/mol. The Kier molecular flexibility index (Phi) is 7.64. The van der Waals surface area contributed by atoms with Crippen molar-refractivity contribution in [3.05, 3.63) is 65.7 Å². The molecule has 1 fully saturated rings. The number of nitrogens with zero attached hydrogens (tertiary/aromatic N) is 6. The first kappa shape index (κ1) is 27.5. The molecule has 6 rings (SSSR count). The number of aryl methyl sites for hydroxylation is 1. The molecule has 12 heteroatoms. The standard InChI is InChI=1S/C30H35N9O3/c1-19-27(20(2)39(36-19)15-16-41-3)34-29(40)23-9-12-38-25(23)8-5-21-18-32-30(35-28(21)38)33-24-7-6-22(17-26(24)42-4)37-13-10-31-11-14-37/h5-9,12,17-18,31H,10-11,13-16H2,1-4H3,(H,34,40)(H,32,33,35). The van der Waals surface area contributed by atoms with Crippen molar-refractivity contribution in [3.8, 4) is 5.75 Å². The molecule has 0 unspecified atom stereocenters. The number of benzene rings is 1. The van der Waals surface area contributed by atoms with Crippen LogP contribution in [0.25, 0.3) is 16.6 Å². The molecule has 1 aromatic carbocycles. The van der Waals surface area contributed by atoms with Crippen molar-refractivity contribution in [1.29, 1.82) is 0 Å². The molecule has 1 aliphatic rings. The fourth-order valence-corrected chi connectivity index (χ4v) is 5.39. The number of carbonyl (C=O) groups is 1. The highest BCUT2D eigenvalue weighted by molar-refractivity contribution is 6.10. The number of hydrogen-bond donors (Lipinski definition) is 3. The molecule has 1 aliphatic heterocycles.